The summed E-state index contributed by atoms with van der Waals surface area (Å²) in [5.74, 6) is 0.0819. The minimum atomic E-state index is -0.532. The number of benzene rings is 1. The average molecular weight is 271 g/mol. The van der Waals surface area contributed by atoms with E-state index in [-0.39, 0.29) is 0 Å². The van der Waals surface area contributed by atoms with Crippen molar-refractivity contribution >= 4 is 23.7 Å². The number of hydrazine groups is 1. The number of urea groups is 1. The molecule has 0 aliphatic rings. The fraction of sp³-hybridized carbons (Fsp3) is 0. The van der Waals surface area contributed by atoms with Crippen LogP contribution in [0.4, 0.5) is 10.5 Å². The molecule has 0 aliphatic carbocycles. The van der Waals surface area contributed by atoms with Crippen LogP contribution in [-0.4, -0.2) is 11.9 Å². The number of hydrogen-bond acceptors (Lipinski definition) is 3. The number of carbonyl (C=O) groups is 2. The van der Waals surface area contributed by atoms with Crippen LogP contribution < -0.4 is 16.2 Å². The molecule has 6 nitrogen and oxygen atoms in total. The molecule has 0 unspecified atom stereocenters. The van der Waals surface area contributed by atoms with E-state index < -0.39 is 11.9 Å². The maximum Gasteiger partial charge on any atom is 0.337 e. The standard InChI is InChI=1S/C14H13N3O3/c18-13(9-8-12-7-4-10-20-12)16-17-14(19)15-11-5-2-1-3-6-11/h1-10H,(H,16,18)(H2,15,17,19)/b9-8+. The number of furan rings is 1. The Bertz CT molecular complexity index is 591. The summed E-state index contributed by atoms with van der Waals surface area (Å²) in [7, 11) is 0. The van der Waals surface area contributed by atoms with Crippen molar-refractivity contribution in [2.75, 3.05) is 5.32 Å². The first-order valence-electron chi connectivity index (χ1n) is 5.87. The van der Waals surface area contributed by atoms with Gasteiger partial charge in [0.15, 0.2) is 0 Å². The average Bonchev–Trinajstić information content (AvgIpc) is 2.97. The van der Waals surface area contributed by atoms with Crippen molar-refractivity contribution in [3.8, 4) is 0 Å². The Labute approximate surface area is 115 Å². The predicted molar refractivity (Wildman–Crippen MR) is 74.5 cm³/mol. The van der Waals surface area contributed by atoms with Crippen molar-refractivity contribution in [1.29, 1.82) is 0 Å². The van der Waals surface area contributed by atoms with Crippen LogP contribution in [0.1, 0.15) is 5.76 Å². The van der Waals surface area contributed by atoms with E-state index in [0.717, 1.165) is 0 Å². The Morgan fingerprint density at radius 3 is 2.50 bits per heavy atom. The molecule has 20 heavy (non-hydrogen) atoms. The van der Waals surface area contributed by atoms with E-state index in [1.54, 1.807) is 36.4 Å². The van der Waals surface area contributed by atoms with Gasteiger partial charge in [0.05, 0.1) is 6.26 Å². The second kappa shape index (κ2) is 6.79. The molecule has 0 saturated carbocycles. The number of para-hydroxylation sites is 1. The van der Waals surface area contributed by atoms with E-state index in [0.29, 0.717) is 11.4 Å². The second-order valence-corrected chi connectivity index (χ2v) is 3.78. The number of amides is 3. The van der Waals surface area contributed by atoms with E-state index >= 15 is 0 Å². The van der Waals surface area contributed by atoms with Crippen LogP contribution in [0.15, 0.2) is 59.2 Å². The summed E-state index contributed by atoms with van der Waals surface area (Å²) in [6.45, 7) is 0. The molecular formula is C14H13N3O3. The maximum atomic E-state index is 11.5. The third-order valence-corrected chi connectivity index (χ3v) is 2.27. The molecule has 2 aromatic rings. The molecular weight excluding hydrogens is 258 g/mol. The van der Waals surface area contributed by atoms with Crippen LogP contribution in [0, 0.1) is 0 Å². The predicted octanol–water partition coefficient (Wildman–Crippen LogP) is 2.15. The highest BCUT2D eigenvalue weighted by molar-refractivity contribution is 5.95. The van der Waals surface area contributed by atoms with Gasteiger partial charge in [0.25, 0.3) is 5.91 Å². The van der Waals surface area contributed by atoms with Gasteiger partial charge in [-0.15, -0.1) is 0 Å². The van der Waals surface area contributed by atoms with Crippen LogP contribution in [0.3, 0.4) is 0 Å². The van der Waals surface area contributed by atoms with Crippen molar-refractivity contribution in [2.45, 2.75) is 0 Å². The van der Waals surface area contributed by atoms with Crippen molar-refractivity contribution in [3.63, 3.8) is 0 Å². The lowest BCUT2D eigenvalue weighted by Gasteiger charge is -2.07. The quantitative estimate of drug-likeness (QED) is 0.590. The van der Waals surface area contributed by atoms with E-state index in [4.69, 9.17) is 4.42 Å². The third-order valence-electron chi connectivity index (χ3n) is 2.27. The zero-order valence-electron chi connectivity index (χ0n) is 10.5. The number of anilines is 1. The molecule has 0 atom stereocenters. The first kappa shape index (κ1) is 13.4. The SMILES string of the molecule is O=C(/C=C/c1ccco1)NNC(=O)Nc1ccccc1. The normalized spacial score (nSPS) is 10.2. The van der Waals surface area contributed by atoms with Gasteiger partial charge < -0.3 is 9.73 Å². The Hall–Kier alpha value is -3.02. The summed E-state index contributed by atoms with van der Waals surface area (Å²) in [4.78, 5) is 22.9. The summed E-state index contributed by atoms with van der Waals surface area (Å²) >= 11 is 0. The molecule has 3 amide bonds. The Balaban J connectivity index is 1.74. The molecule has 0 bridgehead atoms. The number of carbonyl (C=O) groups excluding carboxylic acids is 2. The third kappa shape index (κ3) is 4.34. The summed E-state index contributed by atoms with van der Waals surface area (Å²) in [5, 5.41) is 2.56. The zero-order chi connectivity index (χ0) is 14.2. The molecule has 1 aromatic carbocycles. The highest BCUT2D eigenvalue weighted by Gasteiger charge is 2.02. The Morgan fingerprint density at radius 2 is 1.80 bits per heavy atom. The number of rotatable bonds is 3. The monoisotopic (exact) mass is 271 g/mol. The molecule has 0 radical (unpaired) electrons. The minimum absolute atomic E-state index is 0.468. The molecule has 0 saturated heterocycles. The van der Waals surface area contributed by atoms with Crippen LogP contribution >= 0.6 is 0 Å². The van der Waals surface area contributed by atoms with Gasteiger partial charge in [-0.2, -0.15) is 0 Å². The van der Waals surface area contributed by atoms with E-state index in [1.807, 2.05) is 6.07 Å². The first-order chi connectivity index (χ1) is 9.74. The van der Waals surface area contributed by atoms with Gasteiger partial charge in [-0.25, -0.2) is 10.2 Å². The molecule has 0 aliphatic heterocycles. The highest BCUT2D eigenvalue weighted by Crippen LogP contribution is 2.04. The first-order valence-corrected chi connectivity index (χ1v) is 5.87. The number of nitrogens with one attached hydrogen (secondary N) is 3. The molecule has 3 N–H and O–H groups in total. The molecule has 6 heteroatoms. The number of hydrogen-bond donors (Lipinski definition) is 3. The summed E-state index contributed by atoms with van der Waals surface area (Å²) in [6.07, 6.45) is 4.25. The van der Waals surface area contributed by atoms with Gasteiger partial charge in [-0.1, -0.05) is 18.2 Å². The van der Waals surface area contributed by atoms with Crippen molar-refractivity contribution < 1.29 is 14.0 Å². The lowest BCUT2D eigenvalue weighted by Crippen LogP contribution is -2.43. The fourth-order valence-corrected chi connectivity index (χ4v) is 1.39. The minimum Gasteiger partial charge on any atom is -0.465 e. The highest BCUT2D eigenvalue weighted by atomic mass is 16.3. The largest absolute Gasteiger partial charge is 0.465 e. The summed E-state index contributed by atoms with van der Waals surface area (Å²) in [5.41, 5.74) is 5.10. The molecule has 2 rings (SSSR count). The molecule has 1 heterocycles. The van der Waals surface area contributed by atoms with Crippen LogP contribution in [0.25, 0.3) is 6.08 Å². The van der Waals surface area contributed by atoms with Crippen LogP contribution in [-0.2, 0) is 4.79 Å². The van der Waals surface area contributed by atoms with E-state index in [9.17, 15) is 9.59 Å². The van der Waals surface area contributed by atoms with E-state index in [1.165, 1.54) is 18.4 Å². The fourth-order valence-electron chi connectivity index (χ4n) is 1.39. The van der Waals surface area contributed by atoms with Crippen LogP contribution in [0.5, 0.6) is 0 Å². The second-order valence-electron chi connectivity index (χ2n) is 3.78. The van der Waals surface area contributed by atoms with Gasteiger partial charge in [0.2, 0.25) is 0 Å². The summed E-state index contributed by atoms with van der Waals surface area (Å²) < 4.78 is 5.02. The summed E-state index contributed by atoms with van der Waals surface area (Å²) in [6, 6.07) is 11.8. The Morgan fingerprint density at radius 1 is 1.00 bits per heavy atom. The Kier molecular flexibility index (Phi) is 4.55. The molecule has 1 aromatic heterocycles. The van der Waals surface area contributed by atoms with Gasteiger partial charge in [-0.3, -0.25) is 10.2 Å². The topological polar surface area (TPSA) is 83.4 Å². The van der Waals surface area contributed by atoms with Gasteiger partial charge >= 0.3 is 6.03 Å². The van der Waals surface area contributed by atoms with Gasteiger partial charge in [0, 0.05) is 11.8 Å². The zero-order valence-corrected chi connectivity index (χ0v) is 10.5. The van der Waals surface area contributed by atoms with Crippen molar-refractivity contribution in [1.82, 2.24) is 10.9 Å². The van der Waals surface area contributed by atoms with Gasteiger partial charge in [-0.05, 0) is 30.3 Å². The molecule has 0 spiro atoms. The van der Waals surface area contributed by atoms with E-state index in [2.05, 4.69) is 16.2 Å². The molecule has 102 valence electrons. The lowest BCUT2D eigenvalue weighted by molar-refractivity contribution is -0.117. The van der Waals surface area contributed by atoms with Gasteiger partial charge in [0.1, 0.15) is 5.76 Å². The van der Waals surface area contributed by atoms with Crippen molar-refractivity contribution in [2.24, 2.45) is 0 Å². The smallest absolute Gasteiger partial charge is 0.337 e. The maximum absolute atomic E-state index is 11.5. The molecule has 0 fully saturated rings. The van der Waals surface area contributed by atoms with Crippen LogP contribution in [0.2, 0.25) is 0 Å². The van der Waals surface area contributed by atoms with Crippen molar-refractivity contribution in [3.05, 3.63) is 60.6 Å². The lowest BCUT2D eigenvalue weighted by atomic mass is 10.3.